The minimum absolute atomic E-state index is 0.0897. The lowest BCUT2D eigenvalue weighted by molar-refractivity contribution is -0.141. The maximum absolute atomic E-state index is 13.8. The fourth-order valence-electron chi connectivity index (χ4n) is 4.01. The van der Waals surface area contributed by atoms with E-state index in [1.807, 2.05) is 4.90 Å². The molecule has 0 aliphatic carbocycles. The van der Waals surface area contributed by atoms with E-state index in [2.05, 4.69) is 20.6 Å². The van der Waals surface area contributed by atoms with Gasteiger partial charge in [-0.15, -0.1) is 0 Å². The highest BCUT2D eigenvalue weighted by Gasteiger charge is 2.42. The van der Waals surface area contributed by atoms with Gasteiger partial charge in [0.2, 0.25) is 5.76 Å². The molecule has 14 heteroatoms. The number of urea groups is 1. The second kappa shape index (κ2) is 11.5. The Bertz CT molecular complexity index is 1520. The number of piperazine rings is 1. The Morgan fingerprint density at radius 2 is 1.61 bits per heavy atom. The molecular weight excluding hydrogens is 548 g/mol. The molecule has 41 heavy (non-hydrogen) atoms. The van der Waals surface area contributed by atoms with Crippen LogP contribution < -0.4 is 20.3 Å². The van der Waals surface area contributed by atoms with Gasteiger partial charge in [0, 0.05) is 26.2 Å². The summed E-state index contributed by atoms with van der Waals surface area (Å²) in [5.41, 5.74) is -1.31. The number of rotatable bonds is 6. The monoisotopic (exact) mass is 570 g/mol. The first-order valence-electron chi connectivity index (χ1n) is 12.3. The van der Waals surface area contributed by atoms with Gasteiger partial charge in [-0.25, -0.2) is 14.2 Å². The molecule has 0 radical (unpaired) electrons. The van der Waals surface area contributed by atoms with Gasteiger partial charge in [-0.1, -0.05) is 30.3 Å². The molecule has 1 fully saturated rings. The van der Waals surface area contributed by atoms with Crippen molar-refractivity contribution in [2.24, 2.45) is 0 Å². The quantitative estimate of drug-likeness (QED) is 0.289. The number of hydrogen-bond donors (Lipinski definition) is 2. The summed E-state index contributed by atoms with van der Waals surface area (Å²) in [6.45, 7) is 1.56. The molecular formula is C27H22F4N6O4. The zero-order valence-corrected chi connectivity index (χ0v) is 21.2. The molecule has 0 bridgehead atoms. The number of carbonyl (C=O) groups excluding carboxylic acids is 2. The van der Waals surface area contributed by atoms with Crippen molar-refractivity contribution < 1.29 is 36.3 Å². The van der Waals surface area contributed by atoms with E-state index in [9.17, 15) is 27.2 Å². The smallest absolute Gasteiger partial charge is 0.411 e. The van der Waals surface area contributed by atoms with Crippen LogP contribution in [0.15, 0.2) is 77.3 Å². The summed E-state index contributed by atoms with van der Waals surface area (Å²) in [4.78, 5) is 36.2. The van der Waals surface area contributed by atoms with Gasteiger partial charge in [0.25, 0.3) is 5.91 Å². The van der Waals surface area contributed by atoms with E-state index in [1.165, 1.54) is 42.6 Å². The van der Waals surface area contributed by atoms with Crippen LogP contribution in [0.3, 0.4) is 0 Å². The van der Waals surface area contributed by atoms with Crippen LogP contribution in [0, 0.1) is 5.82 Å². The van der Waals surface area contributed by atoms with Crippen LogP contribution in [-0.4, -0.2) is 53.0 Å². The third-order valence-electron chi connectivity index (χ3n) is 6.04. The number of halogens is 4. The number of oxazole rings is 1. The molecule has 3 amide bonds. The fourth-order valence-corrected chi connectivity index (χ4v) is 4.01. The van der Waals surface area contributed by atoms with Crippen molar-refractivity contribution in [2.75, 3.05) is 41.7 Å². The highest BCUT2D eigenvalue weighted by atomic mass is 19.4. The summed E-state index contributed by atoms with van der Waals surface area (Å²) in [5.74, 6) is -2.06. The minimum atomic E-state index is -4.97. The molecule has 0 saturated carbocycles. The van der Waals surface area contributed by atoms with Crippen LogP contribution in [0.25, 0.3) is 0 Å². The second-order valence-electron chi connectivity index (χ2n) is 8.81. The molecule has 212 valence electrons. The molecule has 0 unspecified atom stereocenters. The lowest BCUT2D eigenvalue weighted by atomic mass is 10.3. The minimum Gasteiger partial charge on any atom is -0.411 e. The van der Waals surface area contributed by atoms with Crippen molar-refractivity contribution in [1.29, 1.82) is 0 Å². The largest absolute Gasteiger partial charge is 0.437 e. The highest BCUT2D eigenvalue weighted by molar-refractivity contribution is 6.03. The van der Waals surface area contributed by atoms with E-state index in [0.29, 0.717) is 32.0 Å². The molecule has 0 atom stereocenters. The summed E-state index contributed by atoms with van der Waals surface area (Å²) in [5, 5.41) is 4.87. The van der Waals surface area contributed by atoms with Gasteiger partial charge in [-0.2, -0.15) is 18.2 Å². The number of pyridine rings is 1. The third kappa shape index (κ3) is 6.54. The first-order chi connectivity index (χ1) is 19.7. The van der Waals surface area contributed by atoms with Gasteiger partial charge in [-0.3, -0.25) is 4.79 Å². The number of para-hydroxylation sites is 2. The lowest BCUT2D eigenvalue weighted by Gasteiger charge is -2.35. The van der Waals surface area contributed by atoms with Crippen molar-refractivity contribution in [3.63, 3.8) is 0 Å². The molecule has 10 nitrogen and oxygen atoms in total. The van der Waals surface area contributed by atoms with Crippen molar-refractivity contribution in [3.05, 3.63) is 90.2 Å². The van der Waals surface area contributed by atoms with Gasteiger partial charge in [0.05, 0.1) is 17.6 Å². The van der Waals surface area contributed by atoms with Crippen LogP contribution >= 0.6 is 0 Å². The predicted octanol–water partition coefficient (Wildman–Crippen LogP) is 5.63. The number of alkyl halides is 3. The fraction of sp³-hybridized carbons (Fsp3) is 0.185. The van der Waals surface area contributed by atoms with Gasteiger partial charge in [0.1, 0.15) is 17.4 Å². The number of aromatic nitrogens is 2. The summed E-state index contributed by atoms with van der Waals surface area (Å²) >= 11 is 0. The molecule has 2 aromatic carbocycles. The number of carbonyl (C=O) groups is 2. The summed E-state index contributed by atoms with van der Waals surface area (Å²) in [6.07, 6.45) is -4.41. The highest BCUT2D eigenvalue weighted by Crippen LogP contribution is 2.35. The number of benzene rings is 2. The van der Waals surface area contributed by atoms with Gasteiger partial charge < -0.3 is 29.6 Å². The Hall–Kier alpha value is -5.14. The van der Waals surface area contributed by atoms with E-state index in [0.717, 1.165) is 0 Å². The number of amides is 3. The summed E-state index contributed by atoms with van der Waals surface area (Å²) < 4.78 is 64.7. The maximum atomic E-state index is 13.8. The number of nitrogens with one attached hydrogen (secondary N) is 2. The molecule has 3 heterocycles. The first-order valence-corrected chi connectivity index (χ1v) is 12.3. The average Bonchev–Trinajstić information content (AvgIpc) is 3.40. The Labute approximate surface area is 230 Å². The van der Waals surface area contributed by atoms with E-state index in [4.69, 9.17) is 9.15 Å². The van der Waals surface area contributed by atoms with Crippen LogP contribution in [0.2, 0.25) is 0 Å². The van der Waals surface area contributed by atoms with Crippen LogP contribution in [0.5, 0.6) is 11.8 Å². The third-order valence-corrected chi connectivity index (χ3v) is 6.04. The second-order valence-corrected chi connectivity index (χ2v) is 8.81. The van der Waals surface area contributed by atoms with E-state index < -0.39 is 41.5 Å². The maximum Gasteiger partial charge on any atom is 0.437 e. The van der Waals surface area contributed by atoms with E-state index in [-0.39, 0.29) is 17.1 Å². The molecule has 1 saturated heterocycles. The molecule has 1 aliphatic rings. The van der Waals surface area contributed by atoms with Crippen LogP contribution in [0.1, 0.15) is 16.2 Å². The number of ether oxygens (including phenoxy) is 1. The SMILES string of the molecule is O=C(Nc1ccc(N2CCN(C(=O)Nc3ccccc3F)CC2)nc1)c1oc(Oc2ccccc2)nc1C(F)(F)F. The number of hydrogen-bond acceptors (Lipinski definition) is 7. The Morgan fingerprint density at radius 1 is 0.902 bits per heavy atom. The van der Waals surface area contributed by atoms with Crippen LogP contribution in [-0.2, 0) is 6.18 Å². The van der Waals surface area contributed by atoms with Crippen molar-refractivity contribution >= 4 is 29.1 Å². The average molecular weight is 571 g/mol. The predicted molar refractivity (Wildman–Crippen MR) is 139 cm³/mol. The number of nitrogens with zero attached hydrogens (tertiary/aromatic N) is 4. The zero-order chi connectivity index (χ0) is 29.0. The standard InChI is InChI=1S/C27H22F4N6O4/c28-19-8-4-5-9-20(19)34-25(39)37-14-12-36(13-15-37)21-11-10-17(16-32-21)33-24(38)22-23(27(29,30)31)35-26(41-22)40-18-6-2-1-3-7-18/h1-11,16H,12-15H2,(H,33,38)(H,34,39). The van der Waals surface area contributed by atoms with Gasteiger partial charge in [0.15, 0.2) is 5.69 Å². The summed E-state index contributed by atoms with van der Waals surface area (Å²) in [6, 6.07) is 16.4. The van der Waals surface area contributed by atoms with Gasteiger partial charge >= 0.3 is 18.3 Å². The summed E-state index contributed by atoms with van der Waals surface area (Å²) in [7, 11) is 0. The van der Waals surface area contributed by atoms with Gasteiger partial charge in [-0.05, 0) is 36.4 Å². The lowest BCUT2D eigenvalue weighted by Crippen LogP contribution is -2.50. The Kier molecular flexibility index (Phi) is 7.72. The molecule has 4 aromatic rings. The molecule has 5 rings (SSSR count). The molecule has 2 N–H and O–H groups in total. The normalized spacial score (nSPS) is 13.6. The first kappa shape index (κ1) is 27.4. The topological polar surface area (TPSA) is 113 Å². The van der Waals surface area contributed by atoms with E-state index in [1.54, 1.807) is 35.2 Å². The van der Waals surface area contributed by atoms with Crippen molar-refractivity contribution in [1.82, 2.24) is 14.9 Å². The van der Waals surface area contributed by atoms with Crippen LogP contribution in [0.4, 0.5) is 39.5 Å². The Morgan fingerprint density at radius 3 is 2.27 bits per heavy atom. The Balaban J connectivity index is 1.19. The van der Waals surface area contributed by atoms with Crippen molar-refractivity contribution in [2.45, 2.75) is 6.18 Å². The molecule has 0 spiro atoms. The zero-order valence-electron chi connectivity index (χ0n) is 21.2. The van der Waals surface area contributed by atoms with Crippen molar-refractivity contribution in [3.8, 4) is 11.8 Å². The molecule has 2 aromatic heterocycles. The van der Waals surface area contributed by atoms with E-state index >= 15 is 0 Å². The molecule has 1 aliphatic heterocycles. The number of anilines is 3.